The first-order valence-corrected chi connectivity index (χ1v) is 6.14. The zero-order valence-corrected chi connectivity index (χ0v) is 8.58. The van der Waals surface area contributed by atoms with Crippen LogP contribution in [-0.4, -0.2) is 29.7 Å². The van der Waals surface area contributed by atoms with Crippen molar-refractivity contribution in [3.8, 4) is 0 Å². The Morgan fingerprint density at radius 1 is 1.54 bits per heavy atom. The highest BCUT2D eigenvalue weighted by molar-refractivity contribution is 7.89. The fourth-order valence-electron chi connectivity index (χ4n) is 1.01. The van der Waals surface area contributed by atoms with E-state index < -0.39 is 9.84 Å². The number of aryl methyl sites for hydroxylation is 1. The Bertz CT molecular complexity index is 369. The van der Waals surface area contributed by atoms with Crippen LogP contribution in [0.1, 0.15) is 19.0 Å². The Hall–Kier alpha value is -0.910. The molecule has 0 bridgehead atoms. The first-order valence-electron chi connectivity index (χ1n) is 4.08. The molecule has 0 fully saturated rings. The van der Waals surface area contributed by atoms with Crippen LogP contribution in [0.5, 0.6) is 0 Å². The summed E-state index contributed by atoms with van der Waals surface area (Å²) in [6, 6.07) is 0. The van der Waals surface area contributed by atoms with Crippen LogP contribution in [0.2, 0.25) is 0 Å². The third-order valence-electron chi connectivity index (χ3n) is 1.45. The molecule has 1 aromatic rings. The summed E-state index contributed by atoms with van der Waals surface area (Å²) in [7, 11) is -2.99. The molecule has 0 saturated heterocycles. The molecule has 0 aromatic carbocycles. The van der Waals surface area contributed by atoms with Gasteiger partial charge in [-0.15, -0.1) is 5.10 Å². The molecular weight excluding hydrogens is 190 g/mol. The van der Waals surface area contributed by atoms with Gasteiger partial charge in [-0.3, -0.25) is 4.68 Å². The van der Waals surface area contributed by atoms with Crippen LogP contribution >= 0.6 is 0 Å². The molecule has 13 heavy (non-hydrogen) atoms. The maximum atomic E-state index is 10.9. The van der Waals surface area contributed by atoms with Crippen molar-refractivity contribution in [3.63, 3.8) is 0 Å². The molecule has 5 nitrogen and oxygen atoms in total. The lowest BCUT2D eigenvalue weighted by Crippen LogP contribution is -2.00. The van der Waals surface area contributed by atoms with Crippen molar-refractivity contribution in [2.45, 2.75) is 25.6 Å². The second-order valence-corrected chi connectivity index (χ2v) is 5.18. The zero-order valence-electron chi connectivity index (χ0n) is 7.77. The molecule has 74 valence electrons. The zero-order chi connectivity index (χ0) is 9.90. The van der Waals surface area contributed by atoms with Gasteiger partial charge in [0.25, 0.3) is 0 Å². The monoisotopic (exact) mass is 203 g/mol. The number of rotatable bonds is 4. The summed E-state index contributed by atoms with van der Waals surface area (Å²) in [5.41, 5.74) is 0.510. The first-order chi connectivity index (χ1) is 6.01. The van der Waals surface area contributed by atoms with Crippen molar-refractivity contribution in [1.29, 1.82) is 0 Å². The average molecular weight is 203 g/mol. The Labute approximate surface area is 77.7 Å². The Kier molecular flexibility index (Phi) is 3.02. The molecule has 0 aliphatic carbocycles. The average Bonchev–Trinajstić information content (AvgIpc) is 2.33. The standard InChI is InChI=1S/C7H13N3O2S/c1-3-4-10-5-7(8-9-10)6-13(2,11)12/h5H,3-4,6H2,1-2H3. The molecule has 0 radical (unpaired) electrons. The predicted octanol–water partition coefficient (Wildman–Crippen LogP) is 0.233. The van der Waals surface area contributed by atoms with Gasteiger partial charge >= 0.3 is 0 Å². The molecule has 0 aliphatic heterocycles. The number of hydrogen-bond acceptors (Lipinski definition) is 4. The van der Waals surface area contributed by atoms with E-state index in [-0.39, 0.29) is 5.75 Å². The van der Waals surface area contributed by atoms with E-state index in [0.29, 0.717) is 5.69 Å². The van der Waals surface area contributed by atoms with Crippen LogP contribution in [0, 0.1) is 0 Å². The van der Waals surface area contributed by atoms with Crippen molar-refractivity contribution in [2.24, 2.45) is 0 Å². The molecular formula is C7H13N3O2S. The van der Waals surface area contributed by atoms with Gasteiger partial charge in [0.1, 0.15) is 0 Å². The van der Waals surface area contributed by atoms with Crippen molar-refractivity contribution >= 4 is 9.84 Å². The van der Waals surface area contributed by atoms with Crippen LogP contribution in [0.3, 0.4) is 0 Å². The molecule has 0 unspecified atom stereocenters. The van der Waals surface area contributed by atoms with Crippen LogP contribution in [0.4, 0.5) is 0 Å². The summed E-state index contributed by atoms with van der Waals surface area (Å²) >= 11 is 0. The minimum atomic E-state index is -2.99. The molecule has 0 spiro atoms. The highest BCUT2D eigenvalue weighted by atomic mass is 32.2. The van der Waals surface area contributed by atoms with E-state index in [4.69, 9.17) is 0 Å². The first kappa shape index (κ1) is 10.2. The van der Waals surface area contributed by atoms with Crippen LogP contribution in [0.15, 0.2) is 6.20 Å². The van der Waals surface area contributed by atoms with Crippen molar-refractivity contribution in [3.05, 3.63) is 11.9 Å². The Morgan fingerprint density at radius 3 is 2.77 bits per heavy atom. The third-order valence-corrected chi connectivity index (χ3v) is 2.27. The molecule has 0 aliphatic rings. The van der Waals surface area contributed by atoms with Crippen molar-refractivity contribution < 1.29 is 8.42 Å². The van der Waals surface area contributed by atoms with Gasteiger partial charge < -0.3 is 0 Å². The lowest BCUT2D eigenvalue weighted by atomic mass is 10.5. The predicted molar refractivity (Wildman–Crippen MR) is 48.9 cm³/mol. The highest BCUT2D eigenvalue weighted by Crippen LogP contribution is 2.00. The summed E-state index contributed by atoms with van der Waals surface area (Å²) in [5.74, 6) is -0.0310. The molecule has 1 rings (SSSR count). The molecule has 0 N–H and O–H groups in total. The quantitative estimate of drug-likeness (QED) is 0.702. The van der Waals surface area contributed by atoms with E-state index in [9.17, 15) is 8.42 Å². The summed E-state index contributed by atoms with van der Waals surface area (Å²) in [6.07, 6.45) is 3.82. The fraction of sp³-hybridized carbons (Fsp3) is 0.714. The summed E-state index contributed by atoms with van der Waals surface area (Å²) in [5, 5.41) is 7.55. The third kappa shape index (κ3) is 3.54. The van der Waals surface area contributed by atoms with E-state index in [2.05, 4.69) is 10.3 Å². The van der Waals surface area contributed by atoms with Gasteiger partial charge in [-0.25, -0.2) is 8.42 Å². The Balaban J connectivity index is 2.69. The molecule has 0 atom stereocenters. The molecule has 0 saturated carbocycles. The van der Waals surface area contributed by atoms with E-state index >= 15 is 0 Å². The second kappa shape index (κ2) is 3.87. The van der Waals surface area contributed by atoms with Crippen LogP contribution in [0.25, 0.3) is 0 Å². The molecule has 1 heterocycles. The minimum Gasteiger partial charge on any atom is -0.252 e. The van der Waals surface area contributed by atoms with Gasteiger partial charge in [-0.1, -0.05) is 12.1 Å². The van der Waals surface area contributed by atoms with Crippen molar-refractivity contribution in [1.82, 2.24) is 15.0 Å². The number of sulfone groups is 1. The van der Waals surface area contributed by atoms with Gasteiger partial charge in [0, 0.05) is 19.0 Å². The van der Waals surface area contributed by atoms with Gasteiger partial charge in [-0.2, -0.15) is 0 Å². The van der Waals surface area contributed by atoms with Gasteiger partial charge in [0.15, 0.2) is 9.84 Å². The van der Waals surface area contributed by atoms with Crippen LogP contribution < -0.4 is 0 Å². The normalized spacial score (nSPS) is 11.8. The smallest absolute Gasteiger partial charge is 0.153 e. The van der Waals surface area contributed by atoms with Gasteiger partial charge in [0.05, 0.1) is 11.4 Å². The van der Waals surface area contributed by atoms with Gasteiger partial charge in [-0.05, 0) is 6.42 Å². The topological polar surface area (TPSA) is 64.8 Å². The van der Waals surface area contributed by atoms with Crippen LogP contribution in [-0.2, 0) is 22.1 Å². The maximum absolute atomic E-state index is 10.9. The molecule has 6 heteroatoms. The van der Waals surface area contributed by atoms with E-state index in [1.54, 1.807) is 10.9 Å². The summed E-state index contributed by atoms with van der Waals surface area (Å²) in [4.78, 5) is 0. The maximum Gasteiger partial charge on any atom is 0.153 e. The van der Waals surface area contributed by atoms with Gasteiger partial charge in [0.2, 0.25) is 0 Å². The second-order valence-electron chi connectivity index (χ2n) is 3.04. The van der Waals surface area contributed by atoms with E-state index in [1.165, 1.54) is 6.26 Å². The lowest BCUT2D eigenvalue weighted by Gasteiger charge is -1.93. The highest BCUT2D eigenvalue weighted by Gasteiger charge is 2.07. The Morgan fingerprint density at radius 2 is 2.23 bits per heavy atom. The lowest BCUT2D eigenvalue weighted by molar-refractivity contribution is 0.578. The fourth-order valence-corrected chi connectivity index (χ4v) is 1.68. The number of nitrogens with zero attached hydrogens (tertiary/aromatic N) is 3. The van der Waals surface area contributed by atoms with E-state index in [1.807, 2.05) is 6.92 Å². The SMILES string of the molecule is CCCn1cc(CS(C)(=O)=O)nn1. The molecule has 1 aromatic heterocycles. The largest absolute Gasteiger partial charge is 0.252 e. The summed E-state index contributed by atoms with van der Waals surface area (Å²) < 4.78 is 23.4. The number of aromatic nitrogens is 3. The van der Waals surface area contributed by atoms with E-state index in [0.717, 1.165) is 13.0 Å². The minimum absolute atomic E-state index is 0.0310. The van der Waals surface area contributed by atoms with Crippen molar-refractivity contribution in [2.75, 3.05) is 6.26 Å². The molecule has 0 amide bonds. The number of hydrogen-bond donors (Lipinski definition) is 0. The summed E-state index contributed by atoms with van der Waals surface area (Å²) in [6.45, 7) is 2.80.